The molecule has 0 aliphatic carbocycles. The minimum atomic E-state index is -0.549. The molecule has 1 aliphatic heterocycles. The second-order valence-electron chi connectivity index (χ2n) is 5.85. The molecule has 1 aliphatic rings. The van der Waals surface area contributed by atoms with E-state index in [4.69, 9.17) is 0 Å². The van der Waals surface area contributed by atoms with E-state index in [0.717, 1.165) is 5.56 Å². The molecule has 0 aromatic heterocycles. The largest absolute Gasteiger partial charge is 0.345 e. The molecule has 0 bridgehead atoms. The number of nitrogens with zero attached hydrogens (tertiary/aromatic N) is 2. The molecule has 2 amide bonds. The van der Waals surface area contributed by atoms with Crippen molar-refractivity contribution in [3.8, 4) is 6.07 Å². The zero-order valence-electron chi connectivity index (χ0n) is 14.0. The van der Waals surface area contributed by atoms with E-state index in [1.165, 1.54) is 4.90 Å². The number of carbonyl (C=O) groups is 2. The Hall–Kier alpha value is -3.39. The Morgan fingerprint density at radius 2 is 1.76 bits per heavy atom. The summed E-state index contributed by atoms with van der Waals surface area (Å²) in [6.45, 7) is 1.84. The summed E-state index contributed by atoms with van der Waals surface area (Å²) in [4.78, 5) is 26.7. The summed E-state index contributed by atoms with van der Waals surface area (Å²) in [5, 5.41) is 12.3. The number of hydrogen-bond donors (Lipinski definition) is 1. The summed E-state index contributed by atoms with van der Waals surface area (Å²) < 4.78 is 0. The van der Waals surface area contributed by atoms with Crippen molar-refractivity contribution >= 4 is 23.1 Å². The third-order valence-electron chi connectivity index (χ3n) is 4.29. The van der Waals surface area contributed by atoms with Gasteiger partial charge in [-0.15, -0.1) is 0 Å². The fourth-order valence-corrected chi connectivity index (χ4v) is 2.93. The average Bonchev–Trinajstić information content (AvgIpc) is 2.89. The van der Waals surface area contributed by atoms with Crippen molar-refractivity contribution in [2.24, 2.45) is 0 Å². The van der Waals surface area contributed by atoms with Gasteiger partial charge in [-0.2, -0.15) is 5.26 Å². The van der Waals surface area contributed by atoms with Crippen molar-refractivity contribution in [1.29, 1.82) is 5.26 Å². The lowest BCUT2D eigenvalue weighted by Gasteiger charge is -2.14. The number of amides is 2. The van der Waals surface area contributed by atoms with Crippen LogP contribution in [0.2, 0.25) is 0 Å². The number of para-hydroxylation sites is 1. The lowest BCUT2D eigenvalue weighted by Crippen LogP contribution is -2.29. The Morgan fingerprint density at radius 1 is 1.12 bits per heavy atom. The molecule has 2 aromatic rings. The van der Waals surface area contributed by atoms with Crippen LogP contribution in [0, 0.1) is 11.3 Å². The fourth-order valence-electron chi connectivity index (χ4n) is 2.93. The highest BCUT2D eigenvalue weighted by Gasteiger charge is 2.34. The van der Waals surface area contributed by atoms with E-state index in [1.807, 2.05) is 49.4 Å². The van der Waals surface area contributed by atoms with Crippen LogP contribution in [0.5, 0.6) is 0 Å². The normalized spacial score (nSPS) is 16.0. The van der Waals surface area contributed by atoms with Gasteiger partial charge in [0.15, 0.2) is 0 Å². The van der Waals surface area contributed by atoms with Crippen molar-refractivity contribution < 1.29 is 9.59 Å². The minimum Gasteiger partial charge on any atom is -0.345 e. The monoisotopic (exact) mass is 331 g/mol. The van der Waals surface area contributed by atoms with Crippen LogP contribution in [-0.4, -0.2) is 18.9 Å². The van der Waals surface area contributed by atoms with Gasteiger partial charge < -0.3 is 10.2 Å². The number of fused-ring (bicyclic) bond motifs is 1. The van der Waals surface area contributed by atoms with Crippen LogP contribution in [0.25, 0.3) is 5.57 Å². The molecule has 1 heterocycles. The Labute approximate surface area is 146 Å². The van der Waals surface area contributed by atoms with Gasteiger partial charge in [0.1, 0.15) is 11.6 Å². The predicted octanol–water partition coefficient (Wildman–Crippen LogP) is 2.82. The van der Waals surface area contributed by atoms with Crippen LogP contribution in [0.3, 0.4) is 0 Å². The quantitative estimate of drug-likeness (QED) is 0.694. The van der Waals surface area contributed by atoms with Gasteiger partial charge in [-0.1, -0.05) is 48.5 Å². The first-order chi connectivity index (χ1) is 12.0. The first-order valence-electron chi connectivity index (χ1n) is 7.92. The van der Waals surface area contributed by atoms with Gasteiger partial charge in [0, 0.05) is 12.6 Å². The number of likely N-dealkylation sites (N-methyl/N-ethyl adjacent to an activating group) is 1. The Balaban J connectivity index is 1.97. The van der Waals surface area contributed by atoms with E-state index in [0.29, 0.717) is 11.3 Å². The van der Waals surface area contributed by atoms with Crippen molar-refractivity contribution in [3.05, 3.63) is 71.3 Å². The second-order valence-corrected chi connectivity index (χ2v) is 5.85. The van der Waals surface area contributed by atoms with Crippen LogP contribution in [-0.2, 0) is 9.59 Å². The molecule has 5 nitrogen and oxygen atoms in total. The van der Waals surface area contributed by atoms with Crippen molar-refractivity contribution in [2.75, 3.05) is 11.9 Å². The highest BCUT2D eigenvalue weighted by atomic mass is 16.2. The molecule has 0 radical (unpaired) electrons. The summed E-state index contributed by atoms with van der Waals surface area (Å²) in [5.74, 6) is -0.896. The van der Waals surface area contributed by atoms with Crippen LogP contribution in [0.1, 0.15) is 24.1 Å². The predicted molar refractivity (Wildman–Crippen MR) is 95.4 cm³/mol. The number of nitriles is 1. The molecule has 2 aromatic carbocycles. The van der Waals surface area contributed by atoms with Gasteiger partial charge >= 0.3 is 0 Å². The average molecular weight is 331 g/mol. The third kappa shape index (κ3) is 2.90. The molecule has 25 heavy (non-hydrogen) atoms. The third-order valence-corrected chi connectivity index (χ3v) is 4.29. The first kappa shape index (κ1) is 16.5. The standard InChI is InChI=1S/C20H17N3O2/c1-13(14-8-4-3-5-9-14)22-19(24)16(12-21)18-15-10-6-7-11-17(15)23(2)20(18)25/h3-11,13H,1-2H3,(H,22,24). The minimum absolute atomic E-state index is 0.151. The highest BCUT2D eigenvalue weighted by Crippen LogP contribution is 2.37. The molecule has 1 unspecified atom stereocenters. The first-order valence-corrected chi connectivity index (χ1v) is 7.92. The van der Waals surface area contributed by atoms with Crippen molar-refractivity contribution in [1.82, 2.24) is 5.32 Å². The molecule has 0 fully saturated rings. The number of carbonyl (C=O) groups excluding carboxylic acids is 2. The van der Waals surface area contributed by atoms with E-state index in [9.17, 15) is 14.9 Å². The maximum absolute atomic E-state index is 12.6. The molecular formula is C20H17N3O2. The topological polar surface area (TPSA) is 73.2 Å². The van der Waals surface area contributed by atoms with Gasteiger partial charge in [-0.3, -0.25) is 9.59 Å². The number of benzene rings is 2. The molecule has 1 N–H and O–H groups in total. The smallest absolute Gasteiger partial charge is 0.263 e. The van der Waals surface area contributed by atoms with E-state index in [-0.39, 0.29) is 23.1 Å². The lowest BCUT2D eigenvalue weighted by molar-refractivity contribution is -0.118. The number of rotatable bonds is 3. The summed E-state index contributed by atoms with van der Waals surface area (Å²) in [5.41, 5.74) is 2.21. The fraction of sp³-hybridized carbons (Fsp3) is 0.150. The lowest BCUT2D eigenvalue weighted by atomic mass is 10.0. The Morgan fingerprint density at radius 3 is 2.44 bits per heavy atom. The molecule has 3 rings (SSSR count). The van der Waals surface area contributed by atoms with Gasteiger partial charge in [-0.05, 0) is 18.6 Å². The summed E-state index contributed by atoms with van der Waals surface area (Å²) in [6, 6.07) is 18.2. The van der Waals surface area contributed by atoms with Crippen LogP contribution in [0.4, 0.5) is 5.69 Å². The van der Waals surface area contributed by atoms with E-state index < -0.39 is 5.91 Å². The van der Waals surface area contributed by atoms with E-state index in [1.54, 1.807) is 25.2 Å². The van der Waals surface area contributed by atoms with Gasteiger partial charge in [0.2, 0.25) is 0 Å². The summed E-state index contributed by atoms with van der Waals surface area (Å²) in [7, 11) is 1.63. The van der Waals surface area contributed by atoms with Gasteiger partial charge in [0.25, 0.3) is 11.8 Å². The van der Waals surface area contributed by atoms with E-state index >= 15 is 0 Å². The molecule has 124 valence electrons. The van der Waals surface area contributed by atoms with Crippen LogP contribution < -0.4 is 10.2 Å². The van der Waals surface area contributed by atoms with Crippen molar-refractivity contribution in [2.45, 2.75) is 13.0 Å². The van der Waals surface area contributed by atoms with Crippen molar-refractivity contribution in [3.63, 3.8) is 0 Å². The zero-order chi connectivity index (χ0) is 18.0. The molecule has 5 heteroatoms. The SMILES string of the molecule is CC(NC(=O)C(C#N)=C1C(=O)N(C)c2ccccc21)c1ccccc1. The summed E-state index contributed by atoms with van der Waals surface area (Å²) >= 11 is 0. The molecular weight excluding hydrogens is 314 g/mol. The molecule has 0 saturated heterocycles. The molecule has 0 spiro atoms. The van der Waals surface area contributed by atoms with Gasteiger partial charge in [-0.25, -0.2) is 0 Å². The zero-order valence-corrected chi connectivity index (χ0v) is 14.0. The second kappa shape index (κ2) is 6.62. The number of anilines is 1. The Bertz CT molecular complexity index is 910. The molecule has 0 saturated carbocycles. The van der Waals surface area contributed by atoms with Crippen LogP contribution in [0.15, 0.2) is 60.2 Å². The van der Waals surface area contributed by atoms with Crippen LogP contribution >= 0.6 is 0 Å². The number of hydrogen-bond acceptors (Lipinski definition) is 3. The summed E-state index contributed by atoms with van der Waals surface area (Å²) in [6.07, 6.45) is 0. The van der Waals surface area contributed by atoms with E-state index in [2.05, 4.69) is 5.32 Å². The maximum atomic E-state index is 12.6. The number of nitrogens with one attached hydrogen (secondary N) is 1. The molecule has 1 atom stereocenters. The highest BCUT2D eigenvalue weighted by molar-refractivity contribution is 6.36. The maximum Gasteiger partial charge on any atom is 0.263 e. The Kier molecular flexibility index (Phi) is 4.36. The van der Waals surface area contributed by atoms with Gasteiger partial charge in [0.05, 0.1) is 17.3 Å².